The molecule has 2 N–H and O–H groups in total. The molecule has 1 atom stereocenters. The molecule has 1 amide bonds. The number of hydrogen-bond donors (Lipinski definition) is 1. The van der Waals surface area contributed by atoms with Crippen molar-refractivity contribution in [2.75, 3.05) is 38.6 Å². The summed E-state index contributed by atoms with van der Waals surface area (Å²) in [7, 11) is 3.47. The van der Waals surface area contributed by atoms with Crippen LogP contribution in [0.15, 0.2) is 18.3 Å². The monoisotopic (exact) mass is 248 g/mol. The van der Waals surface area contributed by atoms with E-state index in [0.29, 0.717) is 11.6 Å². The predicted octanol–water partition coefficient (Wildman–Crippen LogP) is 0.568. The Morgan fingerprint density at radius 2 is 2.39 bits per heavy atom. The molecule has 1 aromatic heterocycles. The molecule has 18 heavy (non-hydrogen) atoms. The molecule has 2 rings (SSSR count). The molecule has 0 spiro atoms. The van der Waals surface area contributed by atoms with Gasteiger partial charge in [0, 0.05) is 39.1 Å². The maximum atomic E-state index is 11.9. The smallest absolute Gasteiger partial charge is 0.272 e. The molecule has 1 aliphatic heterocycles. The van der Waals surface area contributed by atoms with E-state index in [1.165, 1.54) is 0 Å². The van der Waals surface area contributed by atoms with Crippen molar-refractivity contribution in [1.29, 1.82) is 0 Å². The zero-order valence-corrected chi connectivity index (χ0v) is 11.0. The minimum absolute atomic E-state index is 0.0635. The van der Waals surface area contributed by atoms with Crippen LogP contribution >= 0.6 is 0 Å². The molecule has 2 heterocycles. The van der Waals surface area contributed by atoms with Crippen molar-refractivity contribution in [1.82, 2.24) is 9.88 Å². The lowest BCUT2D eigenvalue weighted by molar-refractivity contribution is 0.0822. The molecule has 98 valence electrons. The van der Waals surface area contributed by atoms with E-state index >= 15 is 0 Å². The molecular formula is C13H20N4O. The van der Waals surface area contributed by atoms with Crippen LogP contribution in [0.2, 0.25) is 0 Å². The lowest BCUT2D eigenvalue weighted by Gasteiger charge is -2.19. The summed E-state index contributed by atoms with van der Waals surface area (Å²) in [6.45, 7) is 2.70. The van der Waals surface area contributed by atoms with Crippen molar-refractivity contribution in [3.05, 3.63) is 24.0 Å². The highest BCUT2D eigenvalue weighted by atomic mass is 16.2. The Balaban J connectivity index is 2.15. The van der Waals surface area contributed by atoms with E-state index < -0.39 is 0 Å². The normalized spacial score (nSPS) is 19.1. The SMILES string of the molecule is CN(C)C(=O)c1cc(N2CCC(CN)C2)ccn1. The van der Waals surface area contributed by atoms with Gasteiger partial charge in [-0.2, -0.15) is 0 Å². The lowest BCUT2D eigenvalue weighted by Crippen LogP contribution is -2.25. The van der Waals surface area contributed by atoms with Gasteiger partial charge in [0.05, 0.1) is 0 Å². The maximum absolute atomic E-state index is 11.9. The van der Waals surface area contributed by atoms with Gasteiger partial charge in [-0.3, -0.25) is 9.78 Å². The summed E-state index contributed by atoms with van der Waals surface area (Å²) in [5, 5.41) is 0. The average Bonchev–Trinajstić information content (AvgIpc) is 2.86. The molecule has 0 radical (unpaired) electrons. The molecule has 5 heteroatoms. The summed E-state index contributed by atoms with van der Waals surface area (Å²) in [4.78, 5) is 19.8. The Morgan fingerprint density at radius 3 is 3.00 bits per heavy atom. The van der Waals surface area contributed by atoms with Crippen molar-refractivity contribution in [2.45, 2.75) is 6.42 Å². The van der Waals surface area contributed by atoms with E-state index in [4.69, 9.17) is 5.73 Å². The summed E-state index contributed by atoms with van der Waals surface area (Å²) >= 11 is 0. The number of pyridine rings is 1. The summed E-state index contributed by atoms with van der Waals surface area (Å²) in [6.07, 6.45) is 2.82. The number of nitrogens with zero attached hydrogens (tertiary/aromatic N) is 3. The molecule has 1 unspecified atom stereocenters. The quantitative estimate of drug-likeness (QED) is 0.849. The van der Waals surface area contributed by atoms with E-state index in [1.54, 1.807) is 25.2 Å². The minimum Gasteiger partial charge on any atom is -0.371 e. The van der Waals surface area contributed by atoms with Gasteiger partial charge in [0.1, 0.15) is 5.69 Å². The Hall–Kier alpha value is -1.62. The lowest BCUT2D eigenvalue weighted by atomic mass is 10.1. The van der Waals surface area contributed by atoms with Crippen LogP contribution < -0.4 is 10.6 Å². The summed E-state index contributed by atoms with van der Waals surface area (Å²) in [5.41, 5.74) is 7.25. The zero-order chi connectivity index (χ0) is 13.1. The van der Waals surface area contributed by atoms with Gasteiger partial charge in [-0.25, -0.2) is 0 Å². The van der Waals surface area contributed by atoms with Crippen LogP contribution in [-0.2, 0) is 0 Å². The Morgan fingerprint density at radius 1 is 1.61 bits per heavy atom. The highest BCUT2D eigenvalue weighted by Crippen LogP contribution is 2.23. The molecular weight excluding hydrogens is 228 g/mol. The van der Waals surface area contributed by atoms with Crippen molar-refractivity contribution in [3.63, 3.8) is 0 Å². The standard InChI is InChI=1S/C13H20N4O/c1-16(2)13(18)12-7-11(3-5-15-12)17-6-4-10(8-14)9-17/h3,5,7,10H,4,6,8-9,14H2,1-2H3. The first kappa shape index (κ1) is 12.8. The molecule has 0 aromatic carbocycles. The van der Waals surface area contributed by atoms with Crippen molar-refractivity contribution in [3.8, 4) is 0 Å². The first-order chi connectivity index (χ1) is 8.61. The van der Waals surface area contributed by atoms with Gasteiger partial charge in [0.2, 0.25) is 0 Å². The van der Waals surface area contributed by atoms with Gasteiger partial charge in [0.15, 0.2) is 0 Å². The van der Waals surface area contributed by atoms with E-state index in [1.807, 2.05) is 12.1 Å². The number of rotatable bonds is 3. The third-order valence-corrected chi connectivity index (χ3v) is 3.35. The fourth-order valence-electron chi connectivity index (χ4n) is 2.22. The fraction of sp³-hybridized carbons (Fsp3) is 0.538. The van der Waals surface area contributed by atoms with Gasteiger partial charge in [-0.1, -0.05) is 0 Å². The van der Waals surface area contributed by atoms with Crippen LogP contribution in [0.25, 0.3) is 0 Å². The van der Waals surface area contributed by atoms with Crippen LogP contribution in [0.5, 0.6) is 0 Å². The van der Waals surface area contributed by atoms with Crippen LogP contribution in [0.1, 0.15) is 16.9 Å². The number of nitrogens with two attached hydrogens (primary N) is 1. The Labute approximate surface area is 108 Å². The van der Waals surface area contributed by atoms with Crippen LogP contribution in [0, 0.1) is 5.92 Å². The molecule has 1 saturated heterocycles. The van der Waals surface area contributed by atoms with Gasteiger partial charge >= 0.3 is 0 Å². The average molecular weight is 248 g/mol. The van der Waals surface area contributed by atoms with Crippen molar-refractivity contribution in [2.24, 2.45) is 11.7 Å². The fourth-order valence-corrected chi connectivity index (χ4v) is 2.22. The summed E-state index contributed by atoms with van der Waals surface area (Å²) in [6, 6.07) is 3.81. The van der Waals surface area contributed by atoms with Gasteiger partial charge in [0.25, 0.3) is 5.91 Å². The number of hydrogen-bond acceptors (Lipinski definition) is 4. The molecule has 1 fully saturated rings. The largest absolute Gasteiger partial charge is 0.371 e. The third-order valence-electron chi connectivity index (χ3n) is 3.35. The first-order valence-corrected chi connectivity index (χ1v) is 6.24. The van der Waals surface area contributed by atoms with E-state index in [0.717, 1.165) is 31.7 Å². The molecule has 0 saturated carbocycles. The number of carbonyl (C=O) groups is 1. The second kappa shape index (κ2) is 5.35. The molecule has 1 aromatic rings. The minimum atomic E-state index is -0.0635. The number of amides is 1. The Bertz CT molecular complexity index is 433. The van der Waals surface area contributed by atoms with Crippen LogP contribution in [0.4, 0.5) is 5.69 Å². The molecule has 0 bridgehead atoms. The summed E-state index contributed by atoms with van der Waals surface area (Å²) in [5.74, 6) is 0.498. The van der Waals surface area contributed by atoms with Gasteiger partial charge < -0.3 is 15.5 Å². The second-order valence-electron chi connectivity index (χ2n) is 4.94. The molecule has 0 aliphatic carbocycles. The van der Waals surface area contributed by atoms with E-state index in [2.05, 4.69) is 9.88 Å². The highest BCUT2D eigenvalue weighted by molar-refractivity contribution is 5.92. The van der Waals surface area contributed by atoms with Gasteiger partial charge in [-0.05, 0) is 31.0 Å². The second-order valence-corrected chi connectivity index (χ2v) is 4.94. The maximum Gasteiger partial charge on any atom is 0.272 e. The molecule has 5 nitrogen and oxygen atoms in total. The number of carbonyl (C=O) groups excluding carboxylic acids is 1. The van der Waals surface area contributed by atoms with Crippen LogP contribution in [0.3, 0.4) is 0 Å². The van der Waals surface area contributed by atoms with E-state index in [-0.39, 0.29) is 5.91 Å². The first-order valence-electron chi connectivity index (χ1n) is 6.24. The third kappa shape index (κ3) is 2.61. The van der Waals surface area contributed by atoms with E-state index in [9.17, 15) is 4.79 Å². The van der Waals surface area contributed by atoms with Crippen LogP contribution in [-0.4, -0.2) is 49.5 Å². The van der Waals surface area contributed by atoms with Crippen molar-refractivity contribution >= 4 is 11.6 Å². The Kier molecular flexibility index (Phi) is 3.81. The zero-order valence-electron chi connectivity index (χ0n) is 11.0. The number of anilines is 1. The molecule has 1 aliphatic rings. The number of aromatic nitrogens is 1. The predicted molar refractivity (Wildman–Crippen MR) is 71.6 cm³/mol. The summed E-state index contributed by atoms with van der Waals surface area (Å²) < 4.78 is 0. The van der Waals surface area contributed by atoms with Crippen molar-refractivity contribution < 1.29 is 4.79 Å². The highest BCUT2D eigenvalue weighted by Gasteiger charge is 2.22. The topological polar surface area (TPSA) is 62.5 Å². The van der Waals surface area contributed by atoms with Gasteiger partial charge in [-0.15, -0.1) is 0 Å².